The molecule has 62 valence electrons. The molecule has 2 unspecified atom stereocenters. The molecule has 0 saturated carbocycles. The summed E-state index contributed by atoms with van der Waals surface area (Å²) in [5, 5.41) is 0.609. The molecule has 0 bridgehead atoms. The van der Waals surface area contributed by atoms with Crippen molar-refractivity contribution < 1.29 is 0 Å². The third kappa shape index (κ3) is 4.21. The largest absolute Gasteiger partial charge is 0.176 e. The molecule has 0 amide bonds. The summed E-state index contributed by atoms with van der Waals surface area (Å²) < 4.78 is 0. The number of hydrogen-bond acceptors (Lipinski definition) is 1. The van der Waals surface area contributed by atoms with Gasteiger partial charge in [-0.05, 0) is 24.7 Å². The Kier molecular flexibility index (Phi) is 5.24. The lowest BCUT2D eigenvalue weighted by molar-refractivity contribution is 0.386. The summed E-state index contributed by atoms with van der Waals surface area (Å²) in [7, 11) is 0. The summed E-state index contributed by atoms with van der Waals surface area (Å²) in [5.41, 5.74) is 0. The first-order chi connectivity index (χ1) is 4.57. The molecule has 0 aliphatic heterocycles. The van der Waals surface area contributed by atoms with Crippen molar-refractivity contribution in [2.24, 2.45) is 11.8 Å². The van der Waals surface area contributed by atoms with Crippen molar-refractivity contribution in [1.29, 1.82) is 0 Å². The number of thiol groups is 1. The maximum Gasteiger partial charge on any atom is 0.00168 e. The molecule has 0 saturated heterocycles. The monoisotopic (exact) mass is 160 g/mol. The molecular weight excluding hydrogens is 140 g/mol. The lowest BCUT2D eigenvalue weighted by Gasteiger charge is -2.18. The van der Waals surface area contributed by atoms with Gasteiger partial charge in [-0.3, -0.25) is 0 Å². The molecule has 0 aromatic rings. The Hall–Kier alpha value is 0.350. The van der Waals surface area contributed by atoms with Gasteiger partial charge in [-0.2, -0.15) is 12.6 Å². The van der Waals surface area contributed by atoms with E-state index >= 15 is 0 Å². The second kappa shape index (κ2) is 5.06. The second-order valence-electron chi connectivity index (χ2n) is 3.52. The van der Waals surface area contributed by atoms with Gasteiger partial charge < -0.3 is 0 Å². The van der Waals surface area contributed by atoms with Gasteiger partial charge in [-0.15, -0.1) is 0 Å². The topological polar surface area (TPSA) is 0 Å². The molecule has 0 nitrogen and oxygen atoms in total. The van der Waals surface area contributed by atoms with Crippen molar-refractivity contribution in [2.75, 3.05) is 0 Å². The molecule has 0 aliphatic rings. The van der Waals surface area contributed by atoms with Gasteiger partial charge in [-0.1, -0.05) is 27.7 Å². The van der Waals surface area contributed by atoms with E-state index in [9.17, 15) is 0 Å². The van der Waals surface area contributed by atoms with Crippen molar-refractivity contribution in [3.05, 3.63) is 0 Å². The zero-order valence-electron chi connectivity index (χ0n) is 7.59. The fraction of sp³-hybridized carbons (Fsp3) is 1.00. The maximum atomic E-state index is 4.46. The highest BCUT2D eigenvalue weighted by molar-refractivity contribution is 7.80. The van der Waals surface area contributed by atoms with Gasteiger partial charge in [0.2, 0.25) is 0 Å². The SMILES string of the molecule is CCC(S)CC(C)C(C)C. The third-order valence-electron chi connectivity index (χ3n) is 2.25. The molecule has 0 rings (SSSR count). The van der Waals surface area contributed by atoms with Crippen LogP contribution >= 0.6 is 12.6 Å². The van der Waals surface area contributed by atoms with Crippen LogP contribution in [0.2, 0.25) is 0 Å². The molecule has 0 radical (unpaired) electrons. The third-order valence-corrected chi connectivity index (χ3v) is 2.83. The second-order valence-corrected chi connectivity index (χ2v) is 4.25. The predicted octanol–water partition coefficient (Wildman–Crippen LogP) is 3.38. The molecule has 1 heteroatoms. The van der Waals surface area contributed by atoms with Crippen LogP contribution in [0.4, 0.5) is 0 Å². The van der Waals surface area contributed by atoms with Crippen molar-refractivity contribution in [2.45, 2.75) is 45.8 Å². The van der Waals surface area contributed by atoms with Crippen LogP contribution in [0.3, 0.4) is 0 Å². The van der Waals surface area contributed by atoms with Gasteiger partial charge in [0.25, 0.3) is 0 Å². The summed E-state index contributed by atoms with van der Waals surface area (Å²) >= 11 is 4.46. The molecule has 10 heavy (non-hydrogen) atoms. The molecule has 0 aromatic heterocycles. The summed E-state index contributed by atoms with van der Waals surface area (Å²) in [5.74, 6) is 1.63. The van der Waals surface area contributed by atoms with E-state index in [2.05, 4.69) is 40.3 Å². The fourth-order valence-electron chi connectivity index (χ4n) is 0.868. The number of rotatable bonds is 4. The molecule has 0 aromatic carbocycles. The van der Waals surface area contributed by atoms with Crippen molar-refractivity contribution in [1.82, 2.24) is 0 Å². The summed E-state index contributed by atoms with van der Waals surface area (Å²) in [6.07, 6.45) is 2.46. The lowest BCUT2D eigenvalue weighted by atomic mass is 9.92. The van der Waals surface area contributed by atoms with Crippen LogP contribution < -0.4 is 0 Å². The Balaban J connectivity index is 3.46. The number of hydrogen-bond donors (Lipinski definition) is 1. The van der Waals surface area contributed by atoms with Crippen molar-refractivity contribution in [3.63, 3.8) is 0 Å². The Bertz CT molecular complexity index is 78.8. The van der Waals surface area contributed by atoms with Crippen LogP contribution in [0, 0.1) is 11.8 Å². The molecule has 0 N–H and O–H groups in total. The molecule has 0 aliphatic carbocycles. The zero-order valence-corrected chi connectivity index (χ0v) is 8.49. The van der Waals surface area contributed by atoms with E-state index < -0.39 is 0 Å². The Morgan fingerprint density at radius 3 is 2.00 bits per heavy atom. The first kappa shape index (κ1) is 10.3. The average Bonchev–Trinajstić information content (AvgIpc) is 1.87. The normalized spacial score (nSPS) is 17.4. The van der Waals surface area contributed by atoms with Gasteiger partial charge in [0, 0.05) is 5.25 Å². The predicted molar refractivity (Wildman–Crippen MR) is 51.7 cm³/mol. The van der Waals surface area contributed by atoms with Crippen LogP contribution in [0.15, 0.2) is 0 Å². The zero-order chi connectivity index (χ0) is 8.15. The Morgan fingerprint density at radius 1 is 1.20 bits per heavy atom. The van der Waals surface area contributed by atoms with E-state index in [4.69, 9.17) is 0 Å². The summed E-state index contributed by atoms with van der Waals surface area (Å²) in [6, 6.07) is 0. The highest BCUT2D eigenvalue weighted by atomic mass is 32.1. The minimum atomic E-state index is 0.609. The molecule has 0 fully saturated rings. The van der Waals surface area contributed by atoms with E-state index in [-0.39, 0.29) is 0 Å². The summed E-state index contributed by atoms with van der Waals surface area (Å²) in [4.78, 5) is 0. The van der Waals surface area contributed by atoms with E-state index in [0.717, 1.165) is 11.8 Å². The lowest BCUT2D eigenvalue weighted by Crippen LogP contribution is -2.10. The highest BCUT2D eigenvalue weighted by Gasteiger charge is 2.10. The summed E-state index contributed by atoms with van der Waals surface area (Å²) in [6.45, 7) is 9.07. The van der Waals surface area contributed by atoms with E-state index in [1.165, 1.54) is 12.8 Å². The van der Waals surface area contributed by atoms with E-state index in [1.807, 2.05) is 0 Å². The van der Waals surface area contributed by atoms with Crippen LogP contribution in [0.5, 0.6) is 0 Å². The van der Waals surface area contributed by atoms with Crippen LogP contribution in [-0.2, 0) is 0 Å². The minimum Gasteiger partial charge on any atom is -0.176 e. The Labute approximate surface area is 70.8 Å². The molecule has 2 atom stereocenters. The first-order valence-electron chi connectivity index (χ1n) is 4.26. The first-order valence-corrected chi connectivity index (χ1v) is 4.77. The van der Waals surface area contributed by atoms with Gasteiger partial charge in [0.15, 0.2) is 0 Å². The average molecular weight is 160 g/mol. The fourth-order valence-corrected chi connectivity index (χ4v) is 1.20. The van der Waals surface area contributed by atoms with Gasteiger partial charge >= 0.3 is 0 Å². The van der Waals surface area contributed by atoms with Gasteiger partial charge in [-0.25, -0.2) is 0 Å². The van der Waals surface area contributed by atoms with Crippen LogP contribution in [-0.4, -0.2) is 5.25 Å². The van der Waals surface area contributed by atoms with E-state index in [1.54, 1.807) is 0 Å². The standard InChI is InChI=1S/C9H20S/c1-5-9(10)6-8(4)7(2)3/h7-10H,5-6H2,1-4H3. The Morgan fingerprint density at radius 2 is 1.70 bits per heavy atom. The highest BCUT2D eigenvalue weighted by Crippen LogP contribution is 2.20. The smallest absolute Gasteiger partial charge is 0.00168 e. The molecule has 0 heterocycles. The van der Waals surface area contributed by atoms with Crippen LogP contribution in [0.1, 0.15) is 40.5 Å². The van der Waals surface area contributed by atoms with Crippen molar-refractivity contribution >= 4 is 12.6 Å². The molecular formula is C9H20S. The van der Waals surface area contributed by atoms with Gasteiger partial charge in [0.05, 0.1) is 0 Å². The van der Waals surface area contributed by atoms with E-state index in [0.29, 0.717) is 5.25 Å². The van der Waals surface area contributed by atoms with Gasteiger partial charge in [0.1, 0.15) is 0 Å². The van der Waals surface area contributed by atoms with Crippen molar-refractivity contribution in [3.8, 4) is 0 Å². The van der Waals surface area contributed by atoms with Crippen LogP contribution in [0.25, 0.3) is 0 Å². The minimum absolute atomic E-state index is 0.609. The maximum absolute atomic E-state index is 4.46. The molecule has 0 spiro atoms. The quantitative estimate of drug-likeness (QED) is 0.599.